The summed E-state index contributed by atoms with van der Waals surface area (Å²) in [6.45, 7) is 8.50. The number of esters is 1. The molecule has 9 N–H and O–H groups in total. The molecule has 1 aromatic carbocycles. The zero-order valence-electron chi connectivity index (χ0n) is 37.6. The third kappa shape index (κ3) is 17.4. The van der Waals surface area contributed by atoms with Crippen LogP contribution in [0.4, 0.5) is 0 Å². The van der Waals surface area contributed by atoms with Crippen molar-refractivity contribution in [3.63, 3.8) is 0 Å². The molecule has 3 rings (SSSR count). The number of nitrogens with one attached hydrogen (secondary N) is 5. The lowest BCUT2D eigenvalue weighted by molar-refractivity contribution is -0.155. The second kappa shape index (κ2) is 26.4. The van der Waals surface area contributed by atoms with Crippen LogP contribution in [0, 0.1) is 5.92 Å². The first-order chi connectivity index (χ1) is 29.9. The van der Waals surface area contributed by atoms with Crippen LogP contribution in [0.2, 0.25) is 0 Å². The maximum absolute atomic E-state index is 14.2. The summed E-state index contributed by atoms with van der Waals surface area (Å²) in [4.78, 5) is 110. The van der Waals surface area contributed by atoms with Gasteiger partial charge >= 0.3 is 5.97 Å². The van der Waals surface area contributed by atoms with Crippen LogP contribution in [-0.2, 0) is 49.5 Å². The average Bonchev–Trinajstić information content (AvgIpc) is 3.72. The van der Waals surface area contributed by atoms with E-state index in [0.29, 0.717) is 24.8 Å². The third-order valence-corrected chi connectivity index (χ3v) is 11.5. The molecule has 2 heterocycles. The van der Waals surface area contributed by atoms with Crippen LogP contribution in [0.25, 0.3) is 0 Å². The predicted molar refractivity (Wildman–Crippen MR) is 233 cm³/mol. The summed E-state index contributed by atoms with van der Waals surface area (Å²) >= 11 is 0. The van der Waals surface area contributed by atoms with Crippen molar-refractivity contribution in [2.45, 2.75) is 186 Å². The molecule has 0 aromatic heterocycles. The lowest BCUT2D eigenvalue weighted by Crippen LogP contribution is -2.60. The smallest absolute Gasteiger partial charge is 0.329 e. The summed E-state index contributed by atoms with van der Waals surface area (Å²) in [7, 11) is 0. The van der Waals surface area contributed by atoms with Gasteiger partial charge in [0, 0.05) is 25.8 Å². The molecule has 0 unspecified atom stereocenters. The Kier molecular flexibility index (Phi) is 21.8. The fraction of sp³-hybridized carbons (Fsp3) is 0.689. The number of nitrogens with zero attached hydrogens (tertiary/aromatic N) is 1. The highest BCUT2D eigenvalue weighted by Crippen LogP contribution is 2.21. The number of phenolic OH excluding ortho intramolecular Hbond substituents is 1. The van der Waals surface area contributed by atoms with Gasteiger partial charge < -0.3 is 52.2 Å². The molecule has 2 aliphatic heterocycles. The Labute approximate surface area is 370 Å². The first-order valence-electron chi connectivity index (χ1n) is 22.7. The number of aliphatic hydroxyl groups is 1. The summed E-state index contributed by atoms with van der Waals surface area (Å²) in [6.07, 6.45) is 6.19. The number of rotatable bonds is 15. The highest BCUT2D eigenvalue weighted by Gasteiger charge is 2.40. The average molecular weight is 886 g/mol. The van der Waals surface area contributed by atoms with E-state index in [4.69, 9.17) is 10.5 Å². The molecule has 18 heteroatoms. The maximum Gasteiger partial charge on any atom is 0.329 e. The van der Waals surface area contributed by atoms with Gasteiger partial charge in [-0.1, -0.05) is 71.4 Å². The zero-order chi connectivity index (χ0) is 46.6. The van der Waals surface area contributed by atoms with E-state index in [2.05, 4.69) is 33.5 Å². The number of aliphatic hydroxyl groups excluding tert-OH is 1. The normalized spacial score (nSPS) is 25.7. The molecular formula is C45H71N7O11. The highest BCUT2D eigenvalue weighted by molar-refractivity contribution is 5.97. The minimum Gasteiger partial charge on any atom is -0.508 e. The summed E-state index contributed by atoms with van der Waals surface area (Å²) in [6, 6.07) is -1.57. The van der Waals surface area contributed by atoms with Gasteiger partial charge in [-0.15, -0.1) is 0 Å². The fourth-order valence-corrected chi connectivity index (χ4v) is 7.81. The molecule has 0 radical (unpaired) electrons. The molecule has 2 saturated heterocycles. The second-order valence-corrected chi connectivity index (χ2v) is 17.3. The van der Waals surface area contributed by atoms with E-state index in [1.54, 1.807) is 26.0 Å². The Morgan fingerprint density at radius 1 is 0.778 bits per heavy atom. The minimum atomic E-state index is -1.41. The van der Waals surface area contributed by atoms with Gasteiger partial charge in [-0.2, -0.15) is 0 Å². The molecule has 0 aliphatic carbocycles. The number of amides is 7. The van der Waals surface area contributed by atoms with Gasteiger partial charge in [0.05, 0.1) is 6.10 Å². The molecule has 2 fully saturated rings. The van der Waals surface area contributed by atoms with E-state index >= 15 is 0 Å². The Hall–Kier alpha value is -5.26. The first kappa shape index (κ1) is 52.1. The van der Waals surface area contributed by atoms with Gasteiger partial charge in [0.25, 0.3) is 0 Å². The van der Waals surface area contributed by atoms with Crippen LogP contribution < -0.4 is 32.3 Å². The van der Waals surface area contributed by atoms with E-state index in [1.165, 1.54) is 30.9 Å². The quantitative estimate of drug-likeness (QED) is 0.0931. The maximum atomic E-state index is 14.2. The van der Waals surface area contributed by atoms with Gasteiger partial charge in [0.2, 0.25) is 41.4 Å². The topological polar surface area (TPSA) is 276 Å². The number of benzene rings is 1. The van der Waals surface area contributed by atoms with Crippen molar-refractivity contribution < 1.29 is 53.3 Å². The summed E-state index contributed by atoms with van der Waals surface area (Å²) in [5.41, 5.74) is 5.98. The van der Waals surface area contributed by atoms with E-state index in [1.807, 2.05) is 0 Å². The fourth-order valence-electron chi connectivity index (χ4n) is 7.81. The first-order valence-corrected chi connectivity index (χ1v) is 22.7. The number of primary amides is 1. The Morgan fingerprint density at radius 3 is 2.05 bits per heavy atom. The van der Waals surface area contributed by atoms with E-state index < -0.39 is 102 Å². The molecule has 1 aromatic rings. The van der Waals surface area contributed by atoms with Gasteiger partial charge in [-0.3, -0.25) is 33.6 Å². The minimum absolute atomic E-state index is 0.0235. The number of unbranched alkanes of at least 4 members (excludes halogenated alkanes) is 6. The van der Waals surface area contributed by atoms with Crippen LogP contribution in [0.3, 0.4) is 0 Å². The Balaban J connectivity index is 2.01. The standard InChI is InChI=1S/C45H71N7O11/c1-6-7-8-9-10-11-12-15-32-16-13-18-37(56)50-39(29(5)53)43(60)47-28(4)44(61)52-25-14-17-35(52)42(59)48-33(23-24-36(46)55)40(57)49-34(26-30-19-21-31(54)22-20-30)41(58)51-38(27(2)3)45(62)63-32/h19-22,27-29,32-35,38-39,53-54H,6-18,23-26H2,1-5H3,(H2,46,55)(H,47,60)(H,48,59)(H,49,57)(H,50,56)(H,51,58)/t28-,29-,32+,33+,34-,35+,38+,39-/m1/s1. The summed E-state index contributed by atoms with van der Waals surface area (Å²) in [5.74, 6) is -6.22. The number of aromatic hydroxyl groups is 1. The van der Waals surface area contributed by atoms with Gasteiger partial charge in [-0.05, 0) is 82.4 Å². The number of hydrogen-bond donors (Lipinski definition) is 8. The number of hydrogen-bond acceptors (Lipinski definition) is 11. The largest absolute Gasteiger partial charge is 0.508 e. The van der Waals surface area contributed by atoms with E-state index in [-0.39, 0.29) is 50.8 Å². The summed E-state index contributed by atoms with van der Waals surface area (Å²) < 4.78 is 6.06. The molecular weight excluding hydrogens is 815 g/mol. The number of phenols is 1. The molecule has 0 saturated carbocycles. The molecule has 18 nitrogen and oxygen atoms in total. The molecule has 8 atom stereocenters. The molecule has 63 heavy (non-hydrogen) atoms. The Bertz CT molecular complexity index is 1710. The number of fused-ring (bicyclic) bond motifs is 1. The van der Waals surface area contributed by atoms with E-state index in [0.717, 1.165) is 44.9 Å². The molecule has 2 aliphatic rings. The highest BCUT2D eigenvalue weighted by atomic mass is 16.5. The van der Waals surface area contributed by atoms with Crippen molar-refractivity contribution >= 4 is 47.3 Å². The molecule has 0 spiro atoms. The second-order valence-electron chi connectivity index (χ2n) is 17.3. The third-order valence-electron chi connectivity index (χ3n) is 11.5. The number of nitrogens with two attached hydrogens (primary N) is 1. The van der Waals surface area contributed by atoms with E-state index in [9.17, 15) is 48.6 Å². The van der Waals surface area contributed by atoms with Crippen LogP contribution in [0.5, 0.6) is 5.75 Å². The molecule has 7 amide bonds. The van der Waals surface area contributed by atoms with Crippen LogP contribution >= 0.6 is 0 Å². The number of carbonyl (C=O) groups excluding carboxylic acids is 8. The van der Waals surface area contributed by atoms with Gasteiger partial charge in [0.1, 0.15) is 48.1 Å². The number of cyclic esters (lactones) is 1. The summed E-state index contributed by atoms with van der Waals surface area (Å²) in [5, 5.41) is 33.6. The van der Waals surface area contributed by atoms with Crippen molar-refractivity contribution in [3.8, 4) is 5.75 Å². The van der Waals surface area contributed by atoms with Crippen molar-refractivity contribution in [1.29, 1.82) is 0 Å². The lowest BCUT2D eigenvalue weighted by Gasteiger charge is -2.30. The zero-order valence-corrected chi connectivity index (χ0v) is 37.6. The lowest BCUT2D eigenvalue weighted by atomic mass is 10.00. The Morgan fingerprint density at radius 2 is 1.41 bits per heavy atom. The van der Waals surface area contributed by atoms with Crippen LogP contribution in [0.15, 0.2) is 24.3 Å². The molecule has 352 valence electrons. The van der Waals surface area contributed by atoms with Crippen molar-refractivity contribution in [2.75, 3.05) is 6.54 Å². The van der Waals surface area contributed by atoms with Crippen molar-refractivity contribution in [2.24, 2.45) is 11.7 Å². The van der Waals surface area contributed by atoms with Crippen molar-refractivity contribution in [1.82, 2.24) is 31.5 Å². The number of ether oxygens (including phenoxy) is 1. The molecule has 0 bridgehead atoms. The van der Waals surface area contributed by atoms with Gasteiger partial charge in [0.15, 0.2) is 0 Å². The monoisotopic (exact) mass is 886 g/mol. The predicted octanol–water partition coefficient (Wildman–Crippen LogP) is 1.91. The van der Waals surface area contributed by atoms with Gasteiger partial charge in [-0.25, -0.2) is 4.79 Å². The number of carbonyl (C=O) groups is 8. The SMILES string of the molecule is CCCCCCCCC[C@H]1CCCC(=O)N[C@H]([C@@H](C)O)C(=O)N[C@H](C)C(=O)N2CCC[C@H]2C(=O)N[C@@H](CCC(N)=O)C(=O)N[C@H](Cc2ccc(O)cc2)C(=O)N[C@@H](C(C)C)C(=O)O1. The van der Waals surface area contributed by atoms with Crippen molar-refractivity contribution in [3.05, 3.63) is 29.8 Å². The van der Waals surface area contributed by atoms with Crippen LogP contribution in [0.1, 0.15) is 136 Å². The van der Waals surface area contributed by atoms with Crippen LogP contribution in [-0.4, -0.2) is 117 Å².